The van der Waals surface area contributed by atoms with Crippen LogP contribution in [0.5, 0.6) is 5.75 Å². The molecule has 30 heavy (non-hydrogen) atoms. The third kappa shape index (κ3) is 5.05. The fourth-order valence-corrected chi connectivity index (χ4v) is 3.07. The van der Waals surface area contributed by atoms with Crippen molar-refractivity contribution in [3.05, 3.63) is 92.9 Å². The van der Waals surface area contributed by atoms with Crippen molar-refractivity contribution >= 4 is 11.6 Å². The largest absolute Gasteiger partial charge is 0.479 e. The molecule has 3 aromatic rings. The third-order valence-electron chi connectivity index (χ3n) is 4.76. The van der Waals surface area contributed by atoms with E-state index < -0.39 is 4.92 Å². The summed E-state index contributed by atoms with van der Waals surface area (Å²) in [7, 11) is 0. The van der Waals surface area contributed by atoms with E-state index in [0.717, 1.165) is 23.1 Å². The zero-order valence-electron chi connectivity index (χ0n) is 17.2. The maximum Gasteiger partial charge on any atom is 0.311 e. The van der Waals surface area contributed by atoms with Gasteiger partial charge in [0.1, 0.15) is 12.4 Å². The lowest BCUT2D eigenvalue weighted by Gasteiger charge is -2.17. The van der Waals surface area contributed by atoms with Gasteiger partial charge in [0, 0.05) is 6.07 Å². The summed E-state index contributed by atoms with van der Waals surface area (Å²) in [4.78, 5) is 23.3. The molecule has 0 bridgehead atoms. The van der Waals surface area contributed by atoms with E-state index in [2.05, 4.69) is 5.32 Å². The van der Waals surface area contributed by atoms with Gasteiger partial charge in [-0.3, -0.25) is 14.9 Å². The van der Waals surface area contributed by atoms with Crippen LogP contribution in [0, 0.1) is 24.0 Å². The van der Waals surface area contributed by atoms with Gasteiger partial charge in [0.2, 0.25) is 0 Å². The van der Waals surface area contributed by atoms with Crippen LogP contribution in [0.3, 0.4) is 0 Å². The highest BCUT2D eigenvalue weighted by molar-refractivity contribution is 5.91. The molecule has 1 amide bonds. The predicted molar refractivity (Wildman–Crippen MR) is 113 cm³/mol. The molecule has 3 rings (SSSR count). The van der Waals surface area contributed by atoms with Crippen LogP contribution < -0.4 is 10.1 Å². The van der Waals surface area contributed by atoms with Gasteiger partial charge in [0.15, 0.2) is 11.5 Å². The molecular formula is C23H24N2O5. The summed E-state index contributed by atoms with van der Waals surface area (Å²) < 4.78 is 11.1. The van der Waals surface area contributed by atoms with Crippen LogP contribution in [0.25, 0.3) is 0 Å². The highest BCUT2D eigenvalue weighted by atomic mass is 16.6. The summed E-state index contributed by atoms with van der Waals surface area (Å²) in [6.45, 7) is 5.77. The van der Waals surface area contributed by atoms with Crippen molar-refractivity contribution in [3.8, 4) is 5.75 Å². The van der Waals surface area contributed by atoms with Gasteiger partial charge < -0.3 is 14.5 Å². The smallest absolute Gasteiger partial charge is 0.311 e. The van der Waals surface area contributed by atoms with Crippen LogP contribution in [-0.2, 0) is 6.61 Å². The third-order valence-corrected chi connectivity index (χ3v) is 4.76. The van der Waals surface area contributed by atoms with Crippen LogP contribution in [0.2, 0.25) is 0 Å². The Bertz CT molecular complexity index is 1040. The number of hydrogen-bond acceptors (Lipinski definition) is 5. The van der Waals surface area contributed by atoms with Gasteiger partial charge in [0.05, 0.1) is 11.0 Å². The first kappa shape index (κ1) is 21.1. The van der Waals surface area contributed by atoms with Crippen LogP contribution in [-0.4, -0.2) is 10.8 Å². The van der Waals surface area contributed by atoms with E-state index in [0.29, 0.717) is 5.76 Å². The van der Waals surface area contributed by atoms with Gasteiger partial charge >= 0.3 is 5.69 Å². The molecule has 7 heteroatoms. The number of nitro benzene ring substituents is 1. The topological polar surface area (TPSA) is 94.6 Å². The zero-order valence-corrected chi connectivity index (χ0v) is 17.2. The molecule has 1 unspecified atom stereocenters. The number of benzene rings is 2. The Hall–Kier alpha value is -3.61. The molecule has 0 fully saturated rings. The van der Waals surface area contributed by atoms with Crippen LogP contribution in [0.4, 0.5) is 5.69 Å². The number of nitro groups is 1. The Labute approximate surface area is 174 Å². The number of aryl methyl sites for hydroxylation is 2. The van der Waals surface area contributed by atoms with E-state index in [1.54, 1.807) is 31.2 Å². The molecule has 7 nitrogen and oxygen atoms in total. The Morgan fingerprint density at radius 3 is 2.47 bits per heavy atom. The molecule has 2 aromatic carbocycles. The van der Waals surface area contributed by atoms with E-state index >= 15 is 0 Å². The Morgan fingerprint density at radius 2 is 1.80 bits per heavy atom. The minimum absolute atomic E-state index is 0.0215. The standard InChI is InChI=1S/C23H24N2O5/c1-4-19(17-8-5-15(2)6-9-17)24-23(26)22-12-10-18(30-22)14-29-21-11-7-16(3)13-20(21)25(27)28/h5-13,19H,4,14H2,1-3H3,(H,24,26). The zero-order chi connectivity index (χ0) is 21.7. The molecule has 0 saturated carbocycles. The summed E-state index contributed by atoms with van der Waals surface area (Å²) in [6.07, 6.45) is 0.739. The number of carbonyl (C=O) groups is 1. The first-order valence-electron chi connectivity index (χ1n) is 9.71. The van der Waals surface area contributed by atoms with Gasteiger partial charge in [-0.25, -0.2) is 0 Å². The fraction of sp³-hybridized carbons (Fsp3) is 0.261. The van der Waals surface area contributed by atoms with Crippen LogP contribution in [0.1, 0.15) is 52.4 Å². The molecule has 0 aliphatic rings. The second kappa shape index (κ2) is 9.26. The summed E-state index contributed by atoms with van der Waals surface area (Å²) in [5, 5.41) is 14.2. The number of nitrogens with zero attached hydrogens (tertiary/aromatic N) is 1. The molecule has 1 atom stereocenters. The number of nitrogens with one attached hydrogen (secondary N) is 1. The van der Waals surface area contributed by atoms with E-state index in [4.69, 9.17) is 9.15 Å². The van der Waals surface area contributed by atoms with Crippen molar-refractivity contribution in [1.82, 2.24) is 5.32 Å². The fourth-order valence-electron chi connectivity index (χ4n) is 3.07. The molecule has 0 aliphatic heterocycles. The molecule has 1 N–H and O–H groups in total. The lowest BCUT2D eigenvalue weighted by molar-refractivity contribution is -0.386. The first-order valence-corrected chi connectivity index (χ1v) is 9.71. The van der Waals surface area contributed by atoms with Gasteiger partial charge in [-0.2, -0.15) is 0 Å². The lowest BCUT2D eigenvalue weighted by atomic mass is 10.0. The van der Waals surface area contributed by atoms with E-state index in [9.17, 15) is 14.9 Å². The van der Waals surface area contributed by atoms with Crippen molar-refractivity contribution in [1.29, 1.82) is 0 Å². The van der Waals surface area contributed by atoms with Crippen molar-refractivity contribution in [2.45, 2.75) is 39.8 Å². The molecule has 0 radical (unpaired) electrons. The average Bonchev–Trinajstić information content (AvgIpc) is 3.21. The van der Waals surface area contributed by atoms with Crippen molar-refractivity contribution in [3.63, 3.8) is 0 Å². The molecule has 0 spiro atoms. The van der Waals surface area contributed by atoms with E-state index in [1.165, 1.54) is 6.07 Å². The van der Waals surface area contributed by atoms with Gasteiger partial charge in [-0.1, -0.05) is 42.8 Å². The second-order valence-corrected chi connectivity index (χ2v) is 7.13. The normalized spacial score (nSPS) is 11.7. The molecule has 1 heterocycles. The van der Waals surface area contributed by atoms with Gasteiger partial charge in [-0.15, -0.1) is 0 Å². The molecule has 0 saturated heterocycles. The van der Waals surface area contributed by atoms with E-state index in [1.807, 2.05) is 38.1 Å². The summed E-state index contributed by atoms with van der Waals surface area (Å²) in [6, 6.07) is 15.8. The minimum atomic E-state index is -0.487. The SMILES string of the molecule is CCC(NC(=O)c1ccc(COc2ccc(C)cc2[N+](=O)[O-])o1)c1ccc(C)cc1. The van der Waals surface area contributed by atoms with Gasteiger partial charge in [-0.05, 0) is 49.6 Å². The van der Waals surface area contributed by atoms with Crippen molar-refractivity contribution < 1.29 is 18.9 Å². The number of hydrogen-bond donors (Lipinski definition) is 1. The average molecular weight is 408 g/mol. The Kier molecular flexibility index (Phi) is 6.51. The number of furan rings is 1. The summed E-state index contributed by atoms with van der Waals surface area (Å²) >= 11 is 0. The second-order valence-electron chi connectivity index (χ2n) is 7.13. The maximum absolute atomic E-state index is 12.6. The highest BCUT2D eigenvalue weighted by Gasteiger charge is 2.19. The molecule has 1 aromatic heterocycles. The Morgan fingerprint density at radius 1 is 1.10 bits per heavy atom. The monoisotopic (exact) mass is 408 g/mol. The van der Waals surface area contributed by atoms with E-state index in [-0.39, 0.29) is 35.8 Å². The van der Waals surface area contributed by atoms with Crippen LogP contribution in [0.15, 0.2) is 59.0 Å². The highest BCUT2D eigenvalue weighted by Crippen LogP contribution is 2.28. The van der Waals surface area contributed by atoms with Gasteiger partial charge in [0.25, 0.3) is 5.91 Å². The summed E-state index contributed by atoms with van der Waals surface area (Å²) in [5.74, 6) is 0.393. The number of carbonyl (C=O) groups excluding carboxylic acids is 1. The number of amides is 1. The van der Waals surface area contributed by atoms with Crippen LogP contribution >= 0.6 is 0 Å². The Balaban J connectivity index is 1.65. The quantitative estimate of drug-likeness (QED) is 0.405. The number of rotatable bonds is 8. The first-order chi connectivity index (χ1) is 14.4. The summed E-state index contributed by atoms with van der Waals surface area (Å²) in [5.41, 5.74) is 2.84. The van der Waals surface area contributed by atoms with Crippen molar-refractivity contribution in [2.24, 2.45) is 0 Å². The molecule has 156 valence electrons. The number of ether oxygens (including phenoxy) is 1. The molecular weight excluding hydrogens is 384 g/mol. The van der Waals surface area contributed by atoms with Crippen molar-refractivity contribution in [2.75, 3.05) is 0 Å². The minimum Gasteiger partial charge on any atom is -0.479 e. The lowest BCUT2D eigenvalue weighted by Crippen LogP contribution is -2.27. The maximum atomic E-state index is 12.6. The predicted octanol–water partition coefficient (Wildman–Crippen LogP) is 5.26. The molecule has 0 aliphatic carbocycles.